The molecule has 19 heavy (non-hydrogen) atoms. The van der Waals surface area contributed by atoms with E-state index < -0.39 is 0 Å². The molecule has 3 heteroatoms. The molecule has 1 aromatic rings. The third-order valence-electron chi connectivity index (χ3n) is 5.44. The molecule has 2 aliphatic rings. The molecule has 1 amide bonds. The van der Waals surface area contributed by atoms with Gasteiger partial charge in [-0.25, -0.2) is 0 Å². The van der Waals surface area contributed by atoms with Crippen LogP contribution < -0.4 is 5.73 Å². The second kappa shape index (κ2) is 3.99. The predicted molar refractivity (Wildman–Crippen MR) is 76.9 cm³/mol. The zero-order chi connectivity index (χ0) is 13.8. The van der Waals surface area contributed by atoms with Gasteiger partial charge in [0.15, 0.2) is 0 Å². The van der Waals surface area contributed by atoms with E-state index in [4.69, 9.17) is 5.73 Å². The number of hydrogen-bond acceptors (Lipinski definition) is 2. The van der Waals surface area contributed by atoms with Crippen LogP contribution in [0.1, 0.15) is 38.3 Å². The summed E-state index contributed by atoms with van der Waals surface area (Å²) in [5.74, 6) is 0.692. The number of nitrogens with two attached hydrogens (primary N) is 1. The topological polar surface area (TPSA) is 46.3 Å². The highest BCUT2D eigenvalue weighted by atomic mass is 16.2. The van der Waals surface area contributed by atoms with Gasteiger partial charge in [0.05, 0.1) is 0 Å². The van der Waals surface area contributed by atoms with Crippen LogP contribution in [-0.2, 0) is 16.6 Å². The molecule has 2 N–H and O–H groups in total. The van der Waals surface area contributed by atoms with Gasteiger partial charge < -0.3 is 10.6 Å². The summed E-state index contributed by atoms with van der Waals surface area (Å²) in [7, 11) is 0. The van der Waals surface area contributed by atoms with Gasteiger partial charge in [-0.1, -0.05) is 19.9 Å². The van der Waals surface area contributed by atoms with Crippen LogP contribution in [0.5, 0.6) is 0 Å². The Bertz CT molecular complexity index is 540. The highest BCUT2D eigenvalue weighted by molar-refractivity contribution is 5.74. The summed E-state index contributed by atoms with van der Waals surface area (Å²) in [6.45, 7) is 7.18. The molecule has 102 valence electrons. The lowest BCUT2D eigenvalue weighted by Gasteiger charge is -2.54. The maximum absolute atomic E-state index is 11.8. The SMILES string of the molecule is CC(=O)N1CC[C@@]2(C)c3cc(N)ccc3C[C@@H]1[C@H]2C. The molecular formula is C16H22N2O. The van der Waals surface area contributed by atoms with E-state index in [1.807, 2.05) is 6.07 Å². The summed E-state index contributed by atoms with van der Waals surface area (Å²) < 4.78 is 0. The number of carbonyl (C=O) groups is 1. The molecular weight excluding hydrogens is 236 g/mol. The number of benzene rings is 1. The number of nitrogen functional groups attached to an aromatic ring is 1. The number of carbonyl (C=O) groups excluding carboxylic acids is 1. The summed E-state index contributed by atoms with van der Waals surface area (Å²) in [4.78, 5) is 13.9. The molecule has 1 fully saturated rings. The van der Waals surface area contributed by atoms with Crippen molar-refractivity contribution in [2.45, 2.75) is 45.1 Å². The molecule has 1 aromatic carbocycles. The molecule has 1 aliphatic carbocycles. The van der Waals surface area contributed by atoms with Gasteiger partial charge in [0.25, 0.3) is 0 Å². The van der Waals surface area contributed by atoms with Crippen LogP contribution in [0.25, 0.3) is 0 Å². The van der Waals surface area contributed by atoms with Gasteiger partial charge >= 0.3 is 0 Å². The predicted octanol–water partition coefficient (Wildman–Crippen LogP) is 2.34. The van der Waals surface area contributed by atoms with Crippen LogP contribution in [0.3, 0.4) is 0 Å². The Kier molecular flexibility index (Phi) is 2.63. The Hall–Kier alpha value is -1.51. The second-order valence-electron chi connectivity index (χ2n) is 6.36. The standard InChI is InChI=1S/C16H22N2O/c1-10-15-8-12-4-5-13(17)9-14(12)16(10,3)6-7-18(15)11(2)19/h4-5,9-10,15H,6-8,17H2,1-3H3/t10-,15-,16-/m1/s1. The summed E-state index contributed by atoms with van der Waals surface area (Å²) in [6.07, 6.45) is 1.99. The van der Waals surface area contributed by atoms with E-state index in [-0.39, 0.29) is 11.3 Å². The first-order chi connectivity index (χ1) is 8.93. The molecule has 3 atom stereocenters. The van der Waals surface area contributed by atoms with Crippen LogP contribution in [-0.4, -0.2) is 23.4 Å². The fourth-order valence-electron chi connectivity index (χ4n) is 4.03. The van der Waals surface area contributed by atoms with E-state index in [0.717, 1.165) is 25.1 Å². The molecule has 0 spiro atoms. The average Bonchev–Trinajstić information content (AvgIpc) is 2.34. The van der Waals surface area contributed by atoms with Crippen LogP contribution in [0.4, 0.5) is 5.69 Å². The first-order valence-electron chi connectivity index (χ1n) is 7.09. The molecule has 0 aromatic heterocycles. The minimum Gasteiger partial charge on any atom is -0.399 e. The van der Waals surface area contributed by atoms with E-state index in [1.165, 1.54) is 11.1 Å². The van der Waals surface area contributed by atoms with E-state index in [9.17, 15) is 4.79 Å². The largest absolute Gasteiger partial charge is 0.399 e. The quantitative estimate of drug-likeness (QED) is 0.726. The van der Waals surface area contributed by atoms with E-state index in [0.29, 0.717) is 12.0 Å². The Balaban J connectivity index is 2.11. The zero-order valence-electron chi connectivity index (χ0n) is 11.9. The fraction of sp³-hybridized carbons (Fsp3) is 0.562. The minimum absolute atomic E-state index is 0.152. The third kappa shape index (κ3) is 1.67. The number of hydrogen-bond donors (Lipinski definition) is 1. The lowest BCUT2D eigenvalue weighted by molar-refractivity contribution is -0.136. The second-order valence-corrected chi connectivity index (χ2v) is 6.36. The number of nitrogens with zero attached hydrogens (tertiary/aromatic N) is 1. The third-order valence-corrected chi connectivity index (χ3v) is 5.44. The maximum Gasteiger partial charge on any atom is 0.219 e. The van der Waals surface area contributed by atoms with Gasteiger partial charge in [0.1, 0.15) is 0 Å². The molecule has 0 unspecified atom stereocenters. The fourth-order valence-corrected chi connectivity index (χ4v) is 4.03. The summed E-state index contributed by atoms with van der Waals surface area (Å²) in [6, 6.07) is 6.61. The van der Waals surface area contributed by atoms with Crippen LogP contribution >= 0.6 is 0 Å². The van der Waals surface area contributed by atoms with Crippen molar-refractivity contribution < 1.29 is 4.79 Å². The summed E-state index contributed by atoms with van der Waals surface area (Å²) >= 11 is 0. The Labute approximate surface area is 114 Å². The van der Waals surface area contributed by atoms with Crippen molar-refractivity contribution in [2.24, 2.45) is 5.92 Å². The van der Waals surface area contributed by atoms with E-state index >= 15 is 0 Å². The zero-order valence-corrected chi connectivity index (χ0v) is 11.9. The molecule has 1 saturated heterocycles. The molecule has 3 nitrogen and oxygen atoms in total. The molecule has 1 aliphatic heterocycles. The highest BCUT2D eigenvalue weighted by Crippen LogP contribution is 2.48. The van der Waals surface area contributed by atoms with Crippen molar-refractivity contribution in [3.05, 3.63) is 29.3 Å². The number of amides is 1. The van der Waals surface area contributed by atoms with Crippen molar-refractivity contribution in [3.63, 3.8) is 0 Å². The van der Waals surface area contributed by atoms with E-state index in [1.54, 1.807) is 6.92 Å². The average molecular weight is 258 g/mol. The van der Waals surface area contributed by atoms with Gasteiger partial charge in [-0.15, -0.1) is 0 Å². The Morgan fingerprint density at radius 2 is 2.21 bits per heavy atom. The first-order valence-corrected chi connectivity index (χ1v) is 7.09. The first kappa shape index (κ1) is 12.5. The normalized spacial score (nSPS) is 32.9. The van der Waals surface area contributed by atoms with Gasteiger partial charge in [0, 0.05) is 25.2 Å². The van der Waals surface area contributed by atoms with Crippen LogP contribution in [0.2, 0.25) is 0 Å². The molecule has 0 saturated carbocycles. The molecule has 2 bridgehead atoms. The smallest absolute Gasteiger partial charge is 0.219 e. The Morgan fingerprint density at radius 1 is 1.47 bits per heavy atom. The molecule has 0 radical (unpaired) electrons. The Morgan fingerprint density at radius 3 is 2.89 bits per heavy atom. The molecule has 3 rings (SSSR count). The van der Waals surface area contributed by atoms with Gasteiger partial charge in [-0.05, 0) is 47.4 Å². The number of rotatable bonds is 0. The van der Waals surface area contributed by atoms with Crippen molar-refractivity contribution in [1.82, 2.24) is 4.90 Å². The lowest BCUT2D eigenvalue weighted by Crippen LogP contribution is -2.59. The summed E-state index contributed by atoms with van der Waals surface area (Å²) in [5, 5.41) is 0. The lowest BCUT2D eigenvalue weighted by atomic mass is 9.59. The van der Waals surface area contributed by atoms with Crippen molar-refractivity contribution in [3.8, 4) is 0 Å². The monoisotopic (exact) mass is 258 g/mol. The minimum atomic E-state index is 0.152. The van der Waals surface area contributed by atoms with Crippen molar-refractivity contribution >= 4 is 11.6 Å². The van der Waals surface area contributed by atoms with Gasteiger partial charge in [-0.3, -0.25) is 4.79 Å². The maximum atomic E-state index is 11.8. The van der Waals surface area contributed by atoms with Crippen LogP contribution in [0, 0.1) is 5.92 Å². The van der Waals surface area contributed by atoms with Crippen molar-refractivity contribution in [2.75, 3.05) is 12.3 Å². The number of anilines is 1. The van der Waals surface area contributed by atoms with Crippen LogP contribution in [0.15, 0.2) is 18.2 Å². The van der Waals surface area contributed by atoms with E-state index in [2.05, 4.69) is 30.9 Å². The molecule has 1 heterocycles. The number of fused-ring (bicyclic) bond motifs is 4. The highest BCUT2D eigenvalue weighted by Gasteiger charge is 2.48. The summed E-state index contributed by atoms with van der Waals surface area (Å²) in [5.41, 5.74) is 9.73. The van der Waals surface area contributed by atoms with Gasteiger partial charge in [0.2, 0.25) is 5.91 Å². The van der Waals surface area contributed by atoms with Gasteiger partial charge in [-0.2, -0.15) is 0 Å². The number of piperidine rings is 1. The van der Waals surface area contributed by atoms with Crippen molar-refractivity contribution in [1.29, 1.82) is 0 Å². The number of likely N-dealkylation sites (tertiary alicyclic amines) is 1.